The number of nitrogens with zero attached hydrogens (tertiary/aromatic N) is 1. The van der Waals surface area contributed by atoms with E-state index in [1.54, 1.807) is 0 Å². The molecule has 3 N–H and O–H groups in total. The summed E-state index contributed by atoms with van der Waals surface area (Å²) < 4.78 is 0. The lowest BCUT2D eigenvalue weighted by molar-refractivity contribution is -0.122. The van der Waals surface area contributed by atoms with E-state index in [1.807, 2.05) is 18.3 Å². The number of fused-ring (bicyclic) bond motifs is 2. The number of aromatic amines is 2. The molecular weight excluding hydrogens is 396 g/mol. The summed E-state index contributed by atoms with van der Waals surface area (Å²) in [7, 11) is 0. The number of rotatable bonds is 7. The van der Waals surface area contributed by atoms with Crippen LogP contribution in [0.5, 0.6) is 0 Å². The van der Waals surface area contributed by atoms with Crippen LogP contribution >= 0.6 is 0 Å². The van der Waals surface area contributed by atoms with Crippen LogP contribution in [-0.2, 0) is 24.2 Å². The summed E-state index contributed by atoms with van der Waals surface area (Å²) in [4.78, 5) is 21.8. The van der Waals surface area contributed by atoms with Gasteiger partial charge in [0, 0.05) is 66.3 Å². The van der Waals surface area contributed by atoms with Gasteiger partial charge >= 0.3 is 0 Å². The first-order valence-corrected chi connectivity index (χ1v) is 11.8. The third kappa shape index (κ3) is 4.44. The van der Waals surface area contributed by atoms with Gasteiger partial charge < -0.3 is 15.3 Å². The Labute approximate surface area is 189 Å². The minimum atomic E-state index is 0.164. The van der Waals surface area contributed by atoms with Crippen molar-refractivity contribution in [3.8, 4) is 0 Å². The van der Waals surface area contributed by atoms with Gasteiger partial charge in [0.2, 0.25) is 5.91 Å². The molecule has 1 fully saturated rings. The average molecular weight is 429 g/mol. The van der Waals surface area contributed by atoms with Crippen molar-refractivity contribution in [3.05, 3.63) is 71.5 Å². The molecule has 0 saturated carbocycles. The molecule has 1 aliphatic heterocycles. The number of hydrogen-bond donors (Lipinski definition) is 3. The minimum absolute atomic E-state index is 0.164. The molecular formula is C27H32N4O. The summed E-state index contributed by atoms with van der Waals surface area (Å²) in [5.74, 6) is 0.164. The molecule has 0 bridgehead atoms. The normalized spacial score (nSPS) is 15.5. The number of H-pyrrole nitrogens is 2. The molecule has 1 saturated heterocycles. The van der Waals surface area contributed by atoms with Crippen molar-refractivity contribution in [2.24, 2.45) is 0 Å². The Morgan fingerprint density at radius 3 is 2.56 bits per heavy atom. The van der Waals surface area contributed by atoms with Crippen LogP contribution in [0.3, 0.4) is 0 Å². The van der Waals surface area contributed by atoms with Crippen molar-refractivity contribution >= 4 is 27.7 Å². The Hall–Kier alpha value is -3.05. The number of amides is 1. The van der Waals surface area contributed by atoms with Crippen molar-refractivity contribution in [1.82, 2.24) is 20.2 Å². The first kappa shape index (κ1) is 20.8. The topological polar surface area (TPSA) is 63.9 Å². The number of likely N-dealkylation sites (tertiary alicyclic amines) is 1. The number of carbonyl (C=O) groups excluding carboxylic acids is 1. The zero-order valence-corrected chi connectivity index (χ0v) is 18.8. The second-order valence-electron chi connectivity index (χ2n) is 9.02. The standard InChI is InChI=1S/C27H32N4O/c1-2-19-7-9-26-24(15-19)21(17-29-26)18-31-13-11-22(12-14-31)30-27(32)10-8-20-16-28-25-6-4-3-5-23(20)25/h3-7,9,15-17,22,28-29H,2,8,10-14,18H2,1H3,(H,30,32). The lowest BCUT2D eigenvalue weighted by atomic mass is 10.0. The van der Waals surface area contributed by atoms with Crippen molar-refractivity contribution in [1.29, 1.82) is 0 Å². The molecule has 5 nitrogen and oxygen atoms in total. The Balaban J connectivity index is 1.10. The van der Waals surface area contributed by atoms with E-state index in [2.05, 4.69) is 63.6 Å². The molecule has 2 aromatic carbocycles. The van der Waals surface area contributed by atoms with Gasteiger partial charge in [-0.3, -0.25) is 9.69 Å². The highest BCUT2D eigenvalue weighted by Crippen LogP contribution is 2.23. The summed E-state index contributed by atoms with van der Waals surface area (Å²) in [6, 6.07) is 15.3. The lowest BCUT2D eigenvalue weighted by Gasteiger charge is -2.32. The smallest absolute Gasteiger partial charge is 0.220 e. The highest BCUT2D eigenvalue weighted by molar-refractivity contribution is 5.85. The molecule has 3 heterocycles. The second kappa shape index (κ2) is 9.21. The van der Waals surface area contributed by atoms with E-state index in [9.17, 15) is 4.79 Å². The van der Waals surface area contributed by atoms with Gasteiger partial charge in [-0.05, 0) is 60.6 Å². The summed E-state index contributed by atoms with van der Waals surface area (Å²) in [5.41, 5.74) is 6.32. The molecule has 1 amide bonds. The van der Waals surface area contributed by atoms with Crippen LogP contribution in [0.15, 0.2) is 54.9 Å². The van der Waals surface area contributed by atoms with E-state index >= 15 is 0 Å². The Bertz CT molecular complexity index is 1210. The molecule has 5 rings (SSSR count). The van der Waals surface area contributed by atoms with Crippen molar-refractivity contribution in [2.75, 3.05) is 13.1 Å². The number of carbonyl (C=O) groups is 1. The summed E-state index contributed by atoms with van der Waals surface area (Å²) >= 11 is 0. The lowest BCUT2D eigenvalue weighted by Crippen LogP contribution is -2.44. The van der Waals surface area contributed by atoms with E-state index in [4.69, 9.17) is 0 Å². The van der Waals surface area contributed by atoms with Gasteiger partial charge in [0.15, 0.2) is 0 Å². The van der Waals surface area contributed by atoms with E-state index in [0.717, 1.165) is 50.8 Å². The van der Waals surface area contributed by atoms with E-state index in [1.165, 1.54) is 33.0 Å². The number of hydrogen-bond acceptors (Lipinski definition) is 2. The van der Waals surface area contributed by atoms with Crippen LogP contribution < -0.4 is 5.32 Å². The van der Waals surface area contributed by atoms with Crippen molar-refractivity contribution in [2.45, 2.75) is 51.6 Å². The first-order valence-electron chi connectivity index (χ1n) is 11.8. The maximum absolute atomic E-state index is 12.5. The van der Waals surface area contributed by atoms with Gasteiger partial charge in [0.1, 0.15) is 0 Å². The van der Waals surface area contributed by atoms with Crippen LogP contribution in [0.25, 0.3) is 21.8 Å². The van der Waals surface area contributed by atoms with Crippen LogP contribution in [0, 0.1) is 0 Å². The van der Waals surface area contributed by atoms with Gasteiger partial charge in [-0.15, -0.1) is 0 Å². The third-order valence-corrected chi connectivity index (χ3v) is 6.88. The van der Waals surface area contributed by atoms with Crippen LogP contribution in [-0.4, -0.2) is 39.9 Å². The van der Waals surface area contributed by atoms with E-state index in [-0.39, 0.29) is 11.9 Å². The number of aryl methyl sites for hydroxylation is 2. The summed E-state index contributed by atoms with van der Waals surface area (Å²) in [6.07, 6.45) is 8.59. The zero-order valence-electron chi connectivity index (χ0n) is 18.8. The maximum Gasteiger partial charge on any atom is 0.220 e. The number of piperidine rings is 1. The van der Waals surface area contributed by atoms with Gasteiger partial charge in [0.05, 0.1) is 0 Å². The molecule has 2 aromatic heterocycles. The quantitative estimate of drug-likeness (QED) is 0.391. The van der Waals surface area contributed by atoms with Crippen LogP contribution in [0.4, 0.5) is 0 Å². The molecule has 166 valence electrons. The largest absolute Gasteiger partial charge is 0.361 e. The molecule has 0 spiro atoms. The molecule has 0 aliphatic carbocycles. The highest BCUT2D eigenvalue weighted by atomic mass is 16.1. The SMILES string of the molecule is CCc1ccc2[nH]cc(CN3CCC(NC(=O)CCc4c[nH]c5ccccc45)CC3)c2c1. The van der Waals surface area contributed by atoms with Gasteiger partial charge in [-0.2, -0.15) is 0 Å². The maximum atomic E-state index is 12.5. The van der Waals surface area contributed by atoms with Crippen molar-refractivity contribution < 1.29 is 4.79 Å². The molecule has 4 aromatic rings. The minimum Gasteiger partial charge on any atom is -0.361 e. The van der Waals surface area contributed by atoms with Crippen molar-refractivity contribution in [3.63, 3.8) is 0 Å². The molecule has 1 aliphatic rings. The Morgan fingerprint density at radius 2 is 1.75 bits per heavy atom. The van der Waals surface area contributed by atoms with E-state index in [0.29, 0.717) is 6.42 Å². The summed E-state index contributed by atoms with van der Waals surface area (Å²) in [5, 5.41) is 5.84. The second-order valence-corrected chi connectivity index (χ2v) is 9.02. The molecule has 32 heavy (non-hydrogen) atoms. The molecule has 0 atom stereocenters. The number of benzene rings is 2. The Morgan fingerprint density at radius 1 is 1.00 bits per heavy atom. The number of aromatic nitrogens is 2. The molecule has 0 unspecified atom stereocenters. The predicted molar refractivity (Wildman–Crippen MR) is 131 cm³/mol. The fourth-order valence-electron chi connectivity index (χ4n) is 4.94. The number of para-hydroxylation sites is 1. The monoisotopic (exact) mass is 428 g/mol. The Kier molecular flexibility index (Phi) is 5.99. The van der Waals surface area contributed by atoms with Crippen LogP contribution in [0.2, 0.25) is 0 Å². The summed E-state index contributed by atoms with van der Waals surface area (Å²) in [6.45, 7) is 5.21. The number of nitrogens with one attached hydrogen (secondary N) is 3. The van der Waals surface area contributed by atoms with Gasteiger partial charge in [0.25, 0.3) is 0 Å². The first-order chi connectivity index (χ1) is 15.7. The van der Waals surface area contributed by atoms with Gasteiger partial charge in [-0.25, -0.2) is 0 Å². The zero-order chi connectivity index (χ0) is 21.9. The molecule has 5 heteroatoms. The fourth-order valence-corrected chi connectivity index (χ4v) is 4.94. The average Bonchev–Trinajstić information content (AvgIpc) is 3.42. The molecule has 0 radical (unpaired) electrons. The van der Waals surface area contributed by atoms with Gasteiger partial charge in [-0.1, -0.05) is 31.2 Å². The third-order valence-electron chi connectivity index (χ3n) is 6.88. The van der Waals surface area contributed by atoms with E-state index < -0.39 is 0 Å². The fraction of sp³-hybridized carbons (Fsp3) is 0.370. The van der Waals surface area contributed by atoms with Crippen LogP contribution in [0.1, 0.15) is 42.9 Å². The highest BCUT2D eigenvalue weighted by Gasteiger charge is 2.21. The predicted octanol–water partition coefficient (Wildman–Crippen LogP) is 4.93.